The Morgan fingerprint density at radius 2 is 1.91 bits per heavy atom. The van der Waals surface area contributed by atoms with Crippen LogP contribution in [0.2, 0.25) is 5.02 Å². The van der Waals surface area contributed by atoms with Gasteiger partial charge in [-0.05, 0) is 23.8 Å². The number of carbonyl (C=O) groups excluding carboxylic acids is 1. The molecule has 0 saturated heterocycles. The van der Waals surface area contributed by atoms with E-state index in [1.54, 1.807) is 30.3 Å². The molecule has 0 bridgehead atoms. The molecule has 0 aliphatic rings. The van der Waals surface area contributed by atoms with Crippen molar-refractivity contribution in [1.82, 2.24) is 0 Å². The van der Waals surface area contributed by atoms with E-state index in [1.807, 2.05) is 0 Å². The lowest BCUT2D eigenvalue weighted by atomic mass is 10.1. The van der Waals surface area contributed by atoms with E-state index in [-0.39, 0.29) is 12.3 Å². The summed E-state index contributed by atoms with van der Waals surface area (Å²) in [4.78, 5) is 21.5. The van der Waals surface area contributed by atoms with Crippen LogP contribution in [0.3, 0.4) is 0 Å². The molecule has 0 saturated carbocycles. The summed E-state index contributed by atoms with van der Waals surface area (Å²) in [5.41, 5.74) is 0.839. The maximum absolute atomic E-state index is 11.5. The SMILES string of the molecule is O=C(OCCc1ccc([N+](=O)[O-])cc1)Oc1cccc(Cl)c1. The van der Waals surface area contributed by atoms with Gasteiger partial charge in [-0.1, -0.05) is 29.8 Å². The van der Waals surface area contributed by atoms with Gasteiger partial charge in [-0.2, -0.15) is 0 Å². The molecule has 0 radical (unpaired) electrons. The molecule has 0 aliphatic heterocycles. The minimum absolute atomic E-state index is 0.0186. The van der Waals surface area contributed by atoms with Gasteiger partial charge >= 0.3 is 6.16 Å². The first kappa shape index (κ1) is 15.8. The standard InChI is InChI=1S/C15H12ClNO5/c16-12-2-1-3-14(10-12)22-15(18)21-9-8-11-4-6-13(7-5-11)17(19)20/h1-7,10H,8-9H2. The molecule has 114 valence electrons. The highest BCUT2D eigenvalue weighted by molar-refractivity contribution is 6.30. The molecule has 0 aliphatic carbocycles. The topological polar surface area (TPSA) is 78.7 Å². The Morgan fingerprint density at radius 3 is 2.55 bits per heavy atom. The number of benzene rings is 2. The van der Waals surface area contributed by atoms with Crippen LogP contribution in [0.15, 0.2) is 48.5 Å². The van der Waals surface area contributed by atoms with Crippen LogP contribution in [0, 0.1) is 10.1 Å². The van der Waals surface area contributed by atoms with Crippen molar-refractivity contribution in [3.63, 3.8) is 0 Å². The van der Waals surface area contributed by atoms with Gasteiger partial charge in [0, 0.05) is 23.6 Å². The predicted molar refractivity (Wildman–Crippen MR) is 80.2 cm³/mol. The first-order valence-corrected chi connectivity index (χ1v) is 6.76. The molecule has 0 amide bonds. The van der Waals surface area contributed by atoms with Crippen molar-refractivity contribution in [3.8, 4) is 5.75 Å². The number of non-ortho nitro benzene ring substituents is 1. The van der Waals surface area contributed by atoms with Crippen LogP contribution in [-0.4, -0.2) is 17.7 Å². The number of halogens is 1. The van der Waals surface area contributed by atoms with Gasteiger partial charge in [0.2, 0.25) is 0 Å². The molecule has 0 unspecified atom stereocenters. The smallest absolute Gasteiger partial charge is 0.434 e. The number of hydrogen-bond donors (Lipinski definition) is 0. The summed E-state index contributed by atoms with van der Waals surface area (Å²) in [6, 6.07) is 12.4. The summed E-state index contributed by atoms with van der Waals surface area (Å²) in [5, 5.41) is 11.0. The number of rotatable bonds is 5. The molecule has 0 spiro atoms. The summed E-state index contributed by atoms with van der Waals surface area (Å²) in [5.74, 6) is 0.299. The van der Waals surface area contributed by atoms with Crippen LogP contribution in [0.1, 0.15) is 5.56 Å². The van der Waals surface area contributed by atoms with Crippen molar-refractivity contribution in [2.45, 2.75) is 6.42 Å². The van der Waals surface area contributed by atoms with Crippen LogP contribution >= 0.6 is 11.6 Å². The zero-order valence-electron chi connectivity index (χ0n) is 11.4. The number of ether oxygens (including phenoxy) is 2. The lowest BCUT2D eigenvalue weighted by molar-refractivity contribution is -0.384. The molecule has 22 heavy (non-hydrogen) atoms. The van der Waals surface area contributed by atoms with Gasteiger partial charge in [-0.15, -0.1) is 0 Å². The highest BCUT2D eigenvalue weighted by atomic mass is 35.5. The van der Waals surface area contributed by atoms with Crippen LogP contribution < -0.4 is 4.74 Å². The fraction of sp³-hybridized carbons (Fsp3) is 0.133. The molecule has 2 aromatic carbocycles. The fourth-order valence-corrected chi connectivity index (χ4v) is 1.87. The van der Waals surface area contributed by atoms with Crippen LogP contribution in [0.5, 0.6) is 5.75 Å². The van der Waals surface area contributed by atoms with Crippen molar-refractivity contribution in [1.29, 1.82) is 0 Å². The molecule has 2 rings (SSSR count). The lowest BCUT2D eigenvalue weighted by Gasteiger charge is -2.06. The quantitative estimate of drug-likeness (QED) is 0.360. The third kappa shape index (κ3) is 4.75. The Morgan fingerprint density at radius 1 is 1.18 bits per heavy atom. The second-order valence-corrected chi connectivity index (χ2v) is 4.77. The Hall–Kier alpha value is -2.60. The lowest BCUT2D eigenvalue weighted by Crippen LogP contribution is -2.12. The van der Waals surface area contributed by atoms with E-state index in [0.717, 1.165) is 5.56 Å². The van der Waals surface area contributed by atoms with Gasteiger partial charge in [0.1, 0.15) is 5.75 Å². The molecule has 0 aromatic heterocycles. The van der Waals surface area contributed by atoms with Crippen LogP contribution in [-0.2, 0) is 11.2 Å². The molecule has 6 nitrogen and oxygen atoms in total. The van der Waals surface area contributed by atoms with Gasteiger partial charge in [0.25, 0.3) is 5.69 Å². The molecular weight excluding hydrogens is 310 g/mol. The minimum Gasteiger partial charge on any atom is -0.434 e. The van der Waals surface area contributed by atoms with E-state index in [9.17, 15) is 14.9 Å². The fourth-order valence-electron chi connectivity index (χ4n) is 1.69. The van der Waals surface area contributed by atoms with Gasteiger partial charge in [-0.3, -0.25) is 10.1 Å². The zero-order chi connectivity index (χ0) is 15.9. The molecule has 0 heterocycles. The van der Waals surface area contributed by atoms with E-state index >= 15 is 0 Å². The largest absolute Gasteiger partial charge is 0.513 e. The van der Waals surface area contributed by atoms with E-state index < -0.39 is 11.1 Å². The average Bonchev–Trinajstić information content (AvgIpc) is 2.47. The Balaban J connectivity index is 1.78. The molecule has 7 heteroatoms. The van der Waals surface area contributed by atoms with E-state index in [4.69, 9.17) is 21.1 Å². The summed E-state index contributed by atoms with van der Waals surface area (Å²) in [7, 11) is 0. The number of nitro groups is 1. The average molecular weight is 322 g/mol. The van der Waals surface area contributed by atoms with Crippen molar-refractivity contribution in [2.75, 3.05) is 6.61 Å². The van der Waals surface area contributed by atoms with Crippen molar-refractivity contribution < 1.29 is 19.2 Å². The Labute approximate surface area is 131 Å². The molecule has 0 fully saturated rings. The van der Waals surface area contributed by atoms with Gasteiger partial charge in [0.05, 0.1) is 11.5 Å². The summed E-state index contributed by atoms with van der Waals surface area (Å²) < 4.78 is 9.88. The molecule has 0 atom stereocenters. The second kappa shape index (κ2) is 7.42. The second-order valence-electron chi connectivity index (χ2n) is 4.33. The summed E-state index contributed by atoms with van der Waals surface area (Å²) >= 11 is 5.77. The third-order valence-corrected chi connectivity index (χ3v) is 2.99. The normalized spacial score (nSPS) is 10.0. The third-order valence-electron chi connectivity index (χ3n) is 2.76. The summed E-state index contributed by atoms with van der Waals surface area (Å²) in [6.45, 7) is 0.108. The van der Waals surface area contributed by atoms with Crippen LogP contribution in [0.25, 0.3) is 0 Å². The highest BCUT2D eigenvalue weighted by Gasteiger charge is 2.07. The Bertz CT molecular complexity index is 672. The van der Waals surface area contributed by atoms with Gasteiger partial charge in [0.15, 0.2) is 0 Å². The number of nitro benzene ring substituents is 1. The zero-order valence-corrected chi connectivity index (χ0v) is 12.2. The molecule has 2 aromatic rings. The van der Waals surface area contributed by atoms with E-state index in [0.29, 0.717) is 17.2 Å². The van der Waals surface area contributed by atoms with Crippen LogP contribution in [0.4, 0.5) is 10.5 Å². The van der Waals surface area contributed by atoms with Crippen molar-refractivity contribution in [2.24, 2.45) is 0 Å². The number of hydrogen-bond acceptors (Lipinski definition) is 5. The monoisotopic (exact) mass is 321 g/mol. The molecule has 0 N–H and O–H groups in total. The Kier molecular flexibility index (Phi) is 5.32. The maximum Gasteiger partial charge on any atom is 0.513 e. The van der Waals surface area contributed by atoms with E-state index in [1.165, 1.54) is 18.2 Å². The van der Waals surface area contributed by atoms with Crippen molar-refractivity contribution >= 4 is 23.4 Å². The van der Waals surface area contributed by atoms with Gasteiger partial charge < -0.3 is 9.47 Å². The summed E-state index contributed by atoms with van der Waals surface area (Å²) in [6.07, 6.45) is -0.396. The van der Waals surface area contributed by atoms with E-state index in [2.05, 4.69) is 0 Å². The minimum atomic E-state index is -0.829. The van der Waals surface area contributed by atoms with Gasteiger partial charge in [-0.25, -0.2) is 4.79 Å². The first-order valence-electron chi connectivity index (χ1n) is 6.38. The highest BCUT2D eigenvalue weighted by Crippen LogP contribution is 2.17. The molecular formula is C15H12ClNO5. The predicted octanol–water partition coefficient (Wildman–Crippen LogP) is 4.01. The number of nitrogens with zero attached hydrogens (tertiary/aromatic N) is 1. The van der Waals surface area contributed by atoms with Crippen molar-refractivity contribution in [3.05, 3.63) is 69.2 Å². The maximum atomic E-state index is 11.5. The number of carbonyl (C=O) groups is 1. The first-order chi connectivity index (χ1) is 10.5.